The number of hydrogen-bond acceptors (Lipinski definition) is 4. The molecule has 1 atom stereocenters. The monoisotopic (exact) mass is 542 g/mol. The van der Waals surface area contributed by atoms with Gasteiger partial charge in [-0.1, -0.05) is 28.7 Å². The van der Waals surface area contributed by atoms with Gasteiger partial charge >= 0.3 is 0 Å². The van der Waals surface area contributed by atoms with Crippen LogP contribution >= 0.6 is 33.9 Å². The third-order valence-corrected chi connectivity index (χ3v) is 7.24. The molecule has 4 rings (SSSR count). The van der Waals surface area contributed by atoms with Crippen molar-refractivity contribution in [1.82, 2.24) is 15.1 Å². The molecule has 1 amide bonds. The number of rotatable bonds is 6. The highest BCUT2D eigenvalue weighted by Gasteiger charge is 2.24. The molecular formula is C21H21F2IN4OS. The normalized spacial score (nSPS) is 14.0. The van der Waals surface area contributed by atoms with E-state index in [1.54, 1.807) is 0 Å². The number of amides is 1. The predicted octanol–water partition coefficient (Wildman–Crippen LogP) is 4.07. The number of carbonyl (C=O) groups is 1. The summed E-state index contributed by atoms with van der Waals surface area (Å²) in [5.41, 5.74) is 9.46. The molecule has 0 spiro atoms. The Labute approximate surface area is 190 Å². The number of nitrogens with one attached hydrogen (secondary N) is 1. The number of alkyl halides is 1. The van der Waals surface area contributed by atoms with E-state index in [1.165, 1.54) is 28.3 Å². The Bertz CT molecular complexity index is 1080. The van der Waals surface area contributed by atoms with Gasteiger partial charge < -0.3 is 11.1 Å². The van der Waals surface area contributed by atoms with Crippen molar-refractivity contribution < 1.29 is 13.6 Å². The maximum Gasteiger partial charge on any atom is 0.261 e. The SMILES string of the molecule is NC[C@H](Cc1ccc(F)cc1F)NC(=O)c1cc2c(s1)CCCn1ncc(CI)c1-2. The highest BCUT2D eigenvalue weighted by Crippen LogP contribution is 2.37. The minimum absolute atomic E-state index is 0.152. The standard InChI is InChI=1S/C21H21F2IN4OS/c22-14-4-3-12(17(23)7-14)6-15(10-25)27-21(29)19-8-16-18(30-19)2-1-5-28-20(16)13(9-24)11-26-28/h3-4,7-8,11,15H,1-2,5-6,9-10,25H2,(H,27,29)/t15-/m0/s1. The van der Waals surface area contributed by atoms with E-state index in [2.05, 4.69) is 33.0 Å². The first-order valence-electron chi connectivity index (χ1n) is 9.68. The Kier molecular flexibility index (Phi) is 6.49. The molecule has 0 bridgehead atoms. The largest absolute Gasteiger partial charge is 0.347 e. The van der Waals surface area contributed by atoms with Crippen LogP contribution in [0.5, 0.6) is 0 Å². The van der Waals surface area contributed by atoms with E-state index >= 15 is 0 Å². The first-order chi connectivity index (χ1) is 14.5. The van der Waals surface area contributed by atoms with Crippen molar-refractivity contribution in [3.8, 4) is 11.3 Å². The summed E-state index contributed by atoms with van der Waals surface area (Å²) >= 11 is 3.81. The zero-order chi connectivity index (χ0) is 21.3. The van der Waals surface area contributed by atoms with E-state index in [1.807, 2.05) is 16.9 Å². The van der Waals surface area contributed by atoms with Gasteiger partial charge in [0.15, 0.2) is 0 Å². The lowest BCUT2D eigenvalue weighted by molar-refractivity contribution is 0.0942. The third kappa shape index (κ3) is 4.28. The number of fused-ring (bicyclic) bond motifs is 3. The Morgan fingerprint density at radius 3 is 2.90 bits per heavy atom. The zero-order valence-electron chi connectivity index (χ0n) is 16.1. The molecule has 0 radical (unpaired) electrons. The molecule has 1 aliphatic heterocycles. The Morgan fingerprint density at radius 1 is 1.33 bits per heavy atom. The van der Waals surface area contributed by atoms with E-state index in [0.717, 1.165) is 46.7 Å². The molecule has 3 N–H and O–H groups in total. The fourth-order valence-corrected chi connectivity index (χ4v) is 5.39. The molecule has 3 heterocycles. The average Bonchev–Trinajstić information content (AvgIpc) is 3.29. The van der Waals surface area contributed by atoms with Gasteiger partial charge in [-0.25, -0.2) is 8.78 Å². The van der Waals surface area contributed by atoms with Crippen molar-refractivity contribution in [2.45, 2.75) is 36.3 Å². The molecule has 0 unspecified atom stereocenters. The van der Waals surface area contributed by atoms with E-state index in [0.29, 0.717) is 10.4 Å². The van der Waals surface area contributed by atoms with Gasteiger partial charge in [0.1, 0.15) is 11.6 Å². The minimum Gasteiger partial charge on any atom is -0.347 e. The predicted molar refractivity (Wildman–Crippen MR) is 122 cm³/mol. The van der Waals surface area contributed by atoms with Gasteiger partial charge in [-0.15, -0.1) is 11.3 Å². The van der Waals surface area contributed by atoms with Gasteiger partial charge in [0, 0.05) is 45.6 Å². The van der Waals surface area contributed by atoms with Gasteiger partial charge in [0.25, 0.3) is 5.91 Å². The molecule has 0 fully saturated rings. The maximum absolute atomic E-state index is 14.0. The summed E-state index contributed by atoms with van der Waals surface area (Å²) in [7, 11) is 0. The quantitative estimate of drug-likeness (QED) is 0.365. The van der Waals surface area contributed by atoms with Crippen LogP contribution in [0.1, 0.15) is 32.1 Å². The third-order valence-electron chi connectivity index (χ3n) is 5.22. The molecule has 9 heteroatoms. The molecule has 0 aliphatic carbocycles. The van der Waals surface area contributed by atoms with E-state index < -0.39 is 17.7 Å². The second-order valence-electron chi connectivity index (χ2n) is 7.27. The van der Waals surface area contributed by atoms with Crippen LogP contribution in [0.15, 0.2) is 30.5 Å². The van der Waals surface area contributed by atoms with E-state index in [-0.39, 0.29) is 18.9 Å². The van der Waals surface area contributed by atoms with Crippen LogP contribution in [0.4, 0.5) is 8.78 Å². The molecule has 0 saturated carbocycles. The van der Waals surface area contributed by atoms with Crippen LogP contribution in [0.25, 0.3) is 11.3 Å². The molecule has 30 heavy (non-hydrogen) atoms. The fraction of sp³-hybridized carbons (Fsp3) is 0.333. The Balaban J connectivity index is 1.55. The van der Waals surface area contributed by atoms with Crippen molar-refractivity contribution in [3.63, 3.8) is 0 Å². The molecule has 2 aromatic heterocycles. The summed E-state index contributed by atoms with van der Waals surface area (Å²) in [4.78, 5) is 14.7. The van der Waals surface area contributed by atoms with E-state index in [4.69, 9.17) is 5.73 Å². The average molecular weight is 542 g/mol. The number of nitrogens with zero attached hydrogens (tertiary/aromatic N) is 2. The topological polar surface area (TPSA) is 72.9 Å². The number of nitrogens with two attached hydrogens (primary N) is 1. The summed E-state index contributed by atoms with van der Waals surface area (Å²) in [6.45, 7) is 1.02. The lowest BCUT2D eigenvalue weighted by Gasteiger charge is -2.17. The van der Waals surface area contributed by atoms with E-state index in [9.17, 15) is 13.6 Å². The van der Waals surface area contributed by atoms with Gasteiger partial charge in [-0.05, 0) is 37.0 Å². The first kappa shape index (κ1) is 21.4. The number of carbonyl (C=O) groups excluding carboxylic acids is 1. The van der Waals surface area contributed by atoms with Gasteiger partial charge in [0.2, 0.25) is 0 Å². The van der Waals surface area contributed by atoms with Crippen molar-refractivity contribution in [2.75, 3.05) is 6.54 Å². The van der Waals surface area contributed by atoms with Crippen molar-refractivity contribution in [2.24, 2.45) is 5.73 Å². The molecule has 1 aliphatic rings. The van der Waals surface area contributed by atoms with Gasteiger partial charge in [-0.3, -0.25) is 9.48 Å². The summed E-state index contributed by atoms with van der Waals surface area (Å²) in [5, 5.41) is 7.41. The van der Waals surface area contributed by atoms with Crippen LogP contribution in [-0.4, -0.2) is 28.3 Å². The van der Waals surface area contributed by atoms with Crippen LogP contribution in [0.2, 0.25) is 0 Å². The first-order valence-corrected chi connectivity index (χ1v) is 12.0. The minimum atomic E-state index is -0.634. The van der Waals surface area contributed by atoms with Crippen LogP contribution in [0, 0.1) is 11.6 Å². The summed E-state index contributed by atoms with van der Waals surface area (Å²) < 4.78 is 30.0. The highest BCUT2D eigenvalue weighted by molar-refractivity contribution is 14.1. The lowest BCUT2D eigenvalue weighted by atomic mass is 10.0. The van der Waals surface area contributed by atoms with Crippen molar-refractivity contribution >= 4 is 39.8 Å². The number of aromatic nitrogens is 2. The van der Waals surface area contributed by atoms with Gasteiger partial charge in [0.05, 0.1) is 16.8 Å². The van der Waals surface area contributed by atoms with Crippen LogP contribution < -0.4 is 11.1 Å². The van der Waals surface area contributed by atoms with Crippen molar-refractivity contribution in [1.29, 1.82) is 0 Å². The number of benzene rings is 1. The Hall–Kier alpha value is -1.85. The molecule has 158 valence electrons. The fourth-order valence-electron chi connectivity index (χ4n) is 3.72. The van der Waals surface area contributed by atoms with Crippen molar-refractivity contribution in [3.05, 3.63) is 63.0 Å². The summed E-state index contributed by atoms with van der Waals surface area (Å²) in [6.07, 6.45) is 3.97. The Morgan fingerprint density at radius 2 is 2.17 bits per heavy atom. The zero-order valence-corrected chi connectivity index (χ0v) is 19.1. The van der Waals surface area contributed by atoms with Crippen LogP contribution in [-0.2, 0) is 23.8 Å². The number of halogens is 3. The lowest BCUT2D eigenvalue weighted by Crippen LogP contribution is -2.41. The highest BCUT2D eigenvalue weighted by atomic mass is 127. The van der Waals surface area contributed by atoms with Crippen LogP contribution in [0.3, 0.4) is 0 Å². The second kappa shape index (κ2) is 9.11. The second-order valence-corrected chi connectivity index (χ2v) is 9.17. The summed E-state index contributed by atoms with van der Waals surface area (Å²) in [5.74, 6) is -1.49. The maximum atomic E-state index is 14.0. The smallest absolute Gasteiger partial charge is 0.261 e. The number of hydrogen-bond donors (Lipinski definition) is 2. The molecular weight excluding hydrogens is 521 g/mol. The molecule has 3 aromatic rings. The number of thiophene rings is 1. The van der Waals surface area contributed by atoms with Gasteiger partial charge in [-0.2, -0.15) is 5.10 Å². The molecule has 0 saturated heterocycles. The molecule has 1 aromatic carbocycles. The molecule has 5 nitrogen and oxygen atoms in total. The number of aryl methyl sites for hydroxylation is 2. The summed E-state index contributed by atoms with van der Waals surface area (Å²) in [6, 6.07) is 4.91.